The van der Waals surface area contributed by atoms with Gasteiger partial charge in [-0.1, -0.05) is 38.1 Å². The van der Waals surface area contributed by atoms with Crippen LogP contribution in [0.15, 0.2) is 59.5 Å². The number of benzene rings is 2. The quantitative estimate of drug-likeness (QED) is 0.885. The van der Waals surface area contributed by atoms with Crippen molar-refractivity contribution in [2.24, 2.45) is 5.92 Å². The van der Waals surface area contributed by atoms with Crippen LogP contribution in [0.2, 0.25) is 0 Å². The highest BCUT2D eigenvalue weighted by molar-refractivity contribution is 7.92. The molecule has 0 amide bonds. The number of hydrogen-bond donors (Lipinski definition) is 1. The molecule has 0 atom stereocenters. The zero-order valence-electron chi connectivity index (χ0n) is 13.2. The van der Waals surface area contributed by atoms with Crippen molar-refractivity contribution in [1.29, 1.82) is 0 Å². The largest absolute Gasteiger partial charge is 0.385 e. The first-order valence-electron chi connectivity index (χ1n) is 7.29. The second kappa shape index (κ2) is 6.83. The first-order valence-corrected chi connectivity index (χ1v) is 8.73. The summed E-state index contributed by atoms with van der Waals surface area (Å²) in [6, 6.07) is 16.0. The smallest absolute Gasteiger partial charge is 0.264 e. The minimum atomic E-state index is -3.56. The van der Waals surface area contributed by atoms with E-state index in [1.165, 1.54) is 4.31 Å². The maximum absolute atomic E-state index is 12.7. The van der Waals surface area contributed by atoms with Crippen molar-refractivity contribution in [1.82, 2.24) is 0 Å². The van der Waals surface area contributed by atoms with E-state index in [9.17, 15) is 8.42 Å². The van der Waals surface area contributed by atoms with E-state index >= 15 is 0 Å². The Labute approximate surface area is 132 Å². The van der Waals surface area contributed by atoms with Crippen LogP contribution in [0.3, 0.4) is 0 Å². The number of para-hydroxylation sites is 1. The lowest BCUT2D eigenvalue weighted by atomic mass is 10.2. The summed E-state index contributed by atoms with van der Waals surface area (Å²) >= 11 is 0. The van der Waals surface area contributed by atoms with Gasteiger partial charge in [0.15, 0.2) is 0 Å². The number of nitrogens with one attached hydrogen (secondary N) is 1. The first kappa shape index (κ1) is 16.4. The Kier molecular flexibility index (Phi) is 5.08. The van der Waals surface area contributed by atoms with Gasteiger partial charge in [-0.2, -0.15) is 0 Å². The van der Waals surface area contributed by atoms with Crippen LogP contribution in [-0.2, 0) is 10.0 Å². The summed E-state index contributed by atoms with van der Waals surface area (Å²) in [4.78, 5) is 0.285. The van der Waals surface area contributed by atoms with Crippen LogP contribution >= 0.6 is 0 Å². The minimum Gasteiger partial charge on any atom is -0.385 e. The predicted molar refractivity (Wildman–Crippen MR) is 91.8 cm³/mol. The fraction of sp³-hybridized carbons (Fsp3) is 0.294. The molecule has 0 bridgehead atoms. The zero-order chi connectivity index (χ0) is 16.2. The molecule has 2 aromatic rings. The molecule has 2 rings (SSSR count). The fourth-order valence-electron chi connectivity index (χ4n) is 2.02. The van der Waals surface area contributed by atoms with Gasteiger partial charge in [-0.3, -0.25) is 4.31 Å². The fourth-order valence-corrected chi connectivity index (χ4v) is 3.27. The number of rotatable bonds is 6. The average molecular weight is 318 g/mol. The molecule has 5 heteroatoms. The number of hydrogen-bond acceptors (Lipinski definition) is 3. The molecule has 0 heterocycles. The van der Waals surface area contributed by atoms with Crippen LogP contribution in [0, 0.1) is 5.92 Å². The van der Waals surface area contributed by atoms with Gasteiger partial charge in [0.2, 0.25) is 0 Å². The second-order valence-electron chi connectivity index (χ2n) is 5.61. The molecule has 118 valence electrons. The summed E-state index contributed by atoms with van der Waals surface area (Å²) in [6.45, 7) is 5.02. The van der Waals surface area contributed by atoms with Gasteiger partial charge in [0.1, 0.15) is 0 Å². The van der Waals surface area contributed by atoms with Gasteiger partial charge in [-0.25, -0.2) is 8.42 Å². The first-order chi connectivity index (χ1) is 10.4. The highest BCUT2D eigenvalue weighted by Crippen LogP contribution is 2.23. The Morgan fingerprint density at radius 3 is 2.36 bits per heavy atom. The molecule has 0 aliphatic carbocycles. The van der Waals surface area contributed by atoms with Gasteiger partial charge in [0, 0.05) is 19.3 Å². The van der Waals surface area contributed by atoms with Gasteiger partial charge in [-0.15, -0.1) is 0 Å². The third-order valence-electron chi connectivity index (χ3n) is 3.33. The summed E-state index contributed by atoms with van der Waals surface area (Å²) in [6.07, 6.45) is 0. The van der Waals surface area contributed by atoms with Gasteiger partial charge in [0.05, 0.1) is 10.6 Å². The molecule has 0 aliphatic rings. The normalized spacial score (nSPS) is 11.5. The van der Waals surface area contributed by atoms with E-state index in [0.717, 1.165) is 12.2 Å². The lowest BCUT2D eigenvalue weighted by Gasteiger charge is -2.20. The number of sulfonamides is 1. The van der Waals surface area contributed by atoms with Gasteiger partial charge < -0.3 is 5.32 Å². The van der Waals surface area contributed by atoms with E-state index in [4.69, 9.17) is 0 Å². The second-order valence-corrected chi connectivity index (χ2v) is 7.58. The summed E-state index contributed by atoms with van der Waals surface area (Å²) in [5, 5.41) is 3.25. The van der Waals surface area contributed by atoms with E-state index in [-0.39, 0.29) is 4.90 Å². The van der Waals surface area contributed by atoms with Crippen LogP contribution in [0.1, 0.15) is 13.8 Å². The predicted octanol–water partition coefficient (Wildman–Crippen LogP) is 3.58. The summed E-state index contributed by atoms with van der Waals surface area (Å²) in [5.41, 5.74) is 1.46. The van der Waals surface area contributed by atoms with E-state index in [1.54, 1.807) is 37.4 Å². The molecule has 4 nitrogen and oxygen atoms in total. The molecule has 0 spiro atoms. The highest BCUT2D eigenvalue weighted by atomic mass is 32.2. The zero-order valence-corrected chi connectivity index (χ0v) is 14.0. The molecule has 0 aliphatic heterocycles. The number of nitrogens with zero attached hydrogens (tertiary/aromatic N) is 1. The van der Waals surface area contributed by atoms with Crippen LogP contribution in [0.4, 0.5) is 11.4 Å². The molecule has 0 saturated heterocycles. The van der Waals surface area contributed by atoms with Crippen molar-refractivity contribution in [3.8, 4) is 0 Å². The molecule has 1 N–H and O–H groups in total. The van der Waals surface area contributed by atoms with E-state index in [2.05, 4.69) is 19.2 Å². The standard InChI is InChI=1S/C17H22N2O2S/c1-14(2)13-18-15-8-7-11-17(12-15)22(20,21)19(3)16-9-5-4-6-10-16/h4-12,14,18H,13H2,1-3H3. The Balaban J connectivity index is 2.28. The Hall–Kier alpha value is -2.01. The Morgan fingerprint density at radius 2 is 1.73 bits per heavy atom. The molecular formula is C17H22N2O2S. The van der Waals surface area contributed by atoms with E-state index < -0.39 is 10.0 Å². The van der Waals surface area contributed by atoms with E-state index in [0.29, 0.717) is 11.6 Å². The van der Waals surface area contributed by atoms with Crippen molar-refractivity contribution in [2.45, 2.75) is 18.7 Å². The van der Waals surface area contributed by atoms with Gasteiger partial charge >= 0.3 is 0 Å². The molecule has 0 saturated carbocycles. The molecule has 2 aromatic carbocycles. The summed E-state index contributed by atoms with van der Waals surface area (Å²) < 4.78 is 26.7. The molecule has 0 fully saturated rings. The van der Waals surface area contributed by atoms with Gasteiger partial charge in [-0.05, 0) is 36.2 Å². The van der Waals surface area contributed by atoms with Crippen LogP contribution in [-0.4, -0.2) is 22.0 Å². The van der Waals surface area contributed by atoms with Crippen LogP contribution in [0.25, 0.3) is 0 Å². The van der Waals surface area contributed by atoms with Crippen LogP contribution < -0.4 is 9.62 Å². The monoisotopic (exact) mass is 318 g/mol. The lowest BCUT2D eigenvalue weighted by molar-refractivity contribution is 0.594. The maximum atomic E-state index is 12.7. The Bertz CT molecular complexity index is 712. The lowest BCUT2D eigenvalue weighted by Crippen LogP contribution is -2.26. The molecule has 0 aromatic heterocycles. The number of anilines is 2. The van der Waals surface area contributed by atoms with Crippen molar-refractivity contribution >= 4 is 21.4 Å². The molecule has 0 unspecified atom stereocenters. The molecular weight excluding hydrogens is 296 g/mol. The topological polar surface area (TPSA) is 49.4 Å². The Morgan fingerprint density at radius 1 is 1.05 bits per heavy atom. The minimum absolute atomic E-state index is 0.285. The van der Waals surface area contributed by atoms with Crippen molar-refractivity contribution < 1.29 is 8.42 Å². The summed E-state index contributed by atoms with van der Waals surface area (Å²) in [5.74, 6) is 0.493. The highest BCUT2D eigenvalue weighted by Gasteiger charge is 2.21. The van der Waals surface area contributed by atoms with Crippen molar-refractivity contribution in [2.75, 3.05) is 23.2 Å². The summed E-state index contributed by atoms with van der Waals surface area (Å²) in [7, 11) is -1.99. The third kappa shape index (κ3) is 3.80. The van der Waals surface area contributed by atoms with Crippen molar-refractivity contribution in [3.05, 3.63) is 54.6 Å². The SMILES string of the molecule is CC(C)CNc1cccc(S(=O)(=O)N(C)c2ccccc2)c1. The van der Waals surface area contributed by atoms with Gasteiger partial charge in [0.25, 0.3) is 10.0 Å². The third-order valence-corrected chi connectivity index (χ3v) is 5.11. The molecule has 0 radical (unpaired) electrons. The van der Waals surface area contributed by atoms with E-state index in [1.807, 2.05) is 24.3 Å². The van der Waals surface area contributed by atoms with Crippen molar-refractivity contribution in [3.63, 3.8) is 0 Å². The molecule has 22 heavy (non-hydrogen) atoms. The average Bonchev–Trinajstić information content (AvgIpc) is 2.53. The maximum Gasteiger partial charge on any atom is 0.264 e. The van der Waals surface area contributed by atoms with Crippen LogP contribution in [0.5, 0.6) is 0 Å².